The first kappa shape index (κ1) is 9.02. The molecule has 14 heavy (non-hydrogen) atoms. The lowest BCUT2D eigenvalue weighted by molar-refractivity contribution is 0.491. The largest absolute Gasteiger partial charge is 0.445 e. The molecule has 0 aliphatic heterocycles. The fourth-order valence-corrected chi connectivity index (χ4v) is 1.80. The van der Waals surface area contributed by atoms with E-state index in [4.69, 9.17) is 10.5 Å². The van der Waals surface area contributed by atoms with Crippen LogP contribution in [0, 0.1) is 6.92 Å². The number of ether oxygens (including phenoxy) is 1. The first-order chi connectivity index (χ1) is 6.75. The maximum atomic E-state index is 5.61. The minimum Gasteiger partial charge on any atom is -0.445 e. The minimum atomic E-state index is 0.536. The summed E-state index contributed by atoms with van der Waals surface area (Å²) in [6.07, 6.45) is 0. The molecule has 2 aromatic rings. The first-order valence-corrected chi connectivity index (χ1v) is 5.03. The first-order valence-electron chi connectivity index (χ1n) is 4.21. The molecule has 72 valence electrons. The Bertz CT molecular complexity index is 425. The van der Waals surface area contributed by atoms with Gasteiger partial charge in [-0.3, -0.25) is 0 Å². The van der Waals surface area contributed by atoms with E-state index in [2.05, 4.69) is 4.98 Å². The number of para-hydroxylation sites is 1. The van der Waals surface area contributed by atoms with E-state index < -0.39 is 0 Å². The normalized spacial score (nSPS) is 10.1. The maximum Gasteiger partial charge on any atom is 0.205 e. The average Bonchev–Trinajstić information content (AvgIpc) is 2.47. The second-order valence-electron chi connectivity index (χ2n) is 2.84. The predicted molar refractivity (Wildman–Crippen MR) is 57.8 cm³/mol. The van der Waals surface area contributed by atoms with E-state index in [1.54, 1.807) is 0 Å². The molecule has 0 bridgehead atoms. The summed E-state index contributed by atoms with van der Waals surface area (Å²) in [7, 11) is 0. The summed E-state index contributed by atoms with van der Waals surface area (Å²) in [5.41, 5.74) is 6.39. The lowest BCUT2D eigenvalue weighted by Crippen LogP contribution is -1.83. The highest BCUT2D eigenvalue weighted by atomic mass is 32.1. The van der Waals surface area contributed by atoms with Crippen LogP contribution in [0.2, 0.25) is 0 Å². The number of aromatic nitrogens is 1. The number of hydrogen-bond acceptors (Lipinski definition) is 4. The Labute approximate surface area is 86.2 Å². The molecule has 2 N–H and O–H groups in total. The molecule has 0 saturated heterocycles. The summed E-state index contributed by atoms with van der Waals surface area (Å²) >= 11 is 1.35. The van der Waals surface area contributed by atoms with Crippen LogP contribution in [0.1, 0.15) is 5.69 Å². The highest BCUT2D eigenvalue weighted by Crippen LogP contribution is 2.32. The van der Waals surface area contributed by atoms with Crippen molar-refractivity contribution in [3.05, 3.63) is 36.0 Å². The molecular weight excluding hydrogens is 196 g/mol. The fourth-order valence-electron chi connectivity index (χ4n) is 1.09. The Morgan fingerprint density at radius 3 is 2.57 bits per heavy atom. The van der Waals surface area contributed by atoms with E-state index in [1.807, 2.05) is 37.3 Å². The van der Waals surface area contributed by atoms with Crippen molar-refractivity contribution in [3.8, 4) is 10.8 Å². The number of thiazole rings is 1. The molecule has 0 amide bonds. The van der Waals surface area contributed by atoms with Gasteiger partial charge in [0.1, 0.15) is 5.75 Å². The fraction of sp³-hybridized carbons (Fsp3) is 0.100. The minimum absolute atomic E-state index is 0.536. The number of aryl methyl sites for hydroxylation is 1. The van der Waals surface area contributed by atoms with E-state index >= 15 is 0 Å². The van der Waals surface area contributed by atoms with Crippen molar-refractivity contribution in [1.82, 2.24) is 4.98 Å². The Kier molecular flexibility index (Phi) is 2.37. The smallest absolute Gasteiger partial charge is 0.205 e. The van der Waals surface area contributed by atoms with E-state index in [-0.39, 0.29) is 0 Å². The molecule has 2 rings (SSSR count). The van der Waals surface area contributed by atoms with Crippen LogP contribution in [0.5, 0.6) is 10.8 Å². The summed E-state index contributed by atoms with van der Waals surface area (Å²) in [4.78, 5) is 4.08. The zero-order chi connectivity index (χ0) is 9.97. The van der Waals surface area contributed by atoms with Gasteiger partial charge in [0.15, 0.2) is 5.13 Å². The van der Waals surface area contributed by atoms with Crippen LogP contribution in [0.4, 0.5) is 5.13 Å². The summed E-state index contributed by atoms with van der Waals surface area (Å²) in [5, 5.41) is 1.29. The molecule has 0 aliphatic carbocycles. The van der Waals surface area contributed by atoms with Gasteiger partial charge in [0.05, 0.1) is 5.69 Å². The number of rotatable bonds is 2. The number of nitrogen functional groups attached to an aromatic ring is 1. The molecule has 1 aromatic heterocycles. The van der Waals surface area contributed by atoms with Gasteiger partial charge < -0.3 is 10.5 Å². The van der Waals surface area contributed by atoms with Crippen LogP contribution >= 0.6 is 11.3 Å². The van der Waals surface area contributed by atoms with Crippen molar-refractivity contribution in [3.63, 3.8) is 0 Å². The van der Waals surface area contributed by atoms with Crippen molar-refractivity contribution in [2.45, 2.75) is 6.92 Å². The van der Waals surface area contributed by atoms with Crippen molar-refractivity contribution in [2.75, 3.05) is 5.73 Å². The van der Waals surface area contributed by atoms with E-state index in [0.29, 0.717) is 5.13 Å². The molecular formula is C10H10N2OS. The van der Waals surface area contributed by atoms with E-state index in [1.165, 1.54) is 11.3 Å². The molecule has 0 saturated carbocycles. The number of nitrogens with zero attached hydrogens (tertiary/aromatic N) is 1. The van der Waals surface area contributed by atoms with Gasteiger partial charge >= 0.3 is 0 Å². The van der Waals surface area contributed by atoms with Crippen LogP contribution in [-0.4, -0.2) is 4.98 Å². The SMILES string of the molecule is Cc1nc(N)sc1Oc1ccccc1. The van der Waals surface area contributed by atoms with Gasteiger partial charge in [0, 0.05) is 0 Å². The highest BCUT2D eigenvalue weighted by molar-refractivity contribution is 7.17. The van der Waals surface area contributed by atoms with Gasteiger partial charge in [-0.25, -0.2) is 4.98 Å². The molecule has 4 heteroatoms. The number of hydrogen-bond donors (Lipinski definition) is 1. The second-order valence-corrected chi connectivity index (χ2v) is 3.83. The van der Waals surface area contributed by atoms with Crippen molar-refractivity contribution >= 4 is 16.5 Å². The summed E-state index contributed by atoms with van der Waals surface area (Å²) in [6, 6.07) is 9.59. The van der Waals surface area contributed by atoms with Crippen molar-refractivity contribution < 1.29 is 4.74 Å². The monoisotopic (exact) mass is 206 g/mol. The van der Waals surface area contributed by atoms with Crippen LogP contribution in [-0.2, 0) is 0 Å². The molecule has 0 aliphatic rings. The maximum absolute atomic E-state index is 5.61. The van der Waals surface area contributed by atoms with Gasteiger partial charge in [-0.05, 0) is 19.1 Å². The zero-order valence-corrected chi connectivity index (χ0v) is 8.54. The molecule has 0 radical (unpaired) electrons. The third kappa shape index (κ3) is 1.85. The quantitative estimate of drug-likeness (QED) is 0.821. The molecule has 0 spiro atoms. The Balaban J connectivity index is 2.23. The molecule has 0 unspecified atom stereocenters. The average molecular weight is 206 g/mol. The van der Waals surface area contributed by atoms with Crippen molar-refractivity contribution in [2.24, 2.45) is 0 Å². The highest BCUT2D eigenvalue weighted by Gasteiger charge is 2.06. The third-order valence-electron chi connectivity index (χ3n) is 1.72. The zero-order valence-electron chi connectivity index (χ0n) is 7.73. The van der Waals surface area contributed by atoms with Gasteiger partial charge in [-0.15, -0.1) is 0 Å². The van der Waals surface area contributed by atoms with Crippen LogP contribution < -0.4 is 10.5 Å². The van der Waals surface area contributed by atoms with Crippen LogP contribution in [0.25, 0.3) is 0 Å². The molecule has 3 nitrogen and oxygen atoms in total. The van der Waals surface area contributed by atoms with Gasteiger partial charge in [0.2, 0.25) is 5.06 Å². The lowest BCUT2D eigenvalue weighted by atomic mass is 10.3. The Morgan fingerprint density at radius 2 is 2.00 bits per heavy atom. The van der Waals surface area contributed by atoms with Gasteiger partial charge in [-0.1, -0.05) is 29.5 Å². The van der Waals surface area contributed by atoms with E-state index in [9.17, 15) is 0 Å². The van der Waals surface area contributed by atoms with Gasteiger partial charge in [-0.2, -0.15) is 0 Å². The molecule has 1 heterocycles. The number of benzene rings is 1. The van der Waals surface area contributed by atoms with Gasteiger partial charge in [0.25, 0.3) is 0 Å². The Hall–Kier alpha value is -1.55. The molecule has 1 aromatic carbocycles. The summed E-state index contributed by atoms with van der Waals surface area (Å²) in [6.45, 7) is 1.88. The van der Waals surface area contributed by atoms with E-state index in [0.717, 1.165) is 16.5 Å². The Morgan fingerprint density at radius 1 is 1.29 bits per heavy atom. The summed E-state index contributed by atoms with van der Waals surface area (Å²) < 4.78 is 5.61. The number of nitrogens with two attached hydrogens (primary N) is 1. The number of anilines is 1. The molecule has 0 fully saturated rings. The van der Waals surface area contributed by atoms with Crippen molar-refractivity contribution in [1.29, 1.82) is 0 Å². The lowest BCUT2D eigenvalue weighted by Gasteiger charge is -2.01. The molecule has 0 atom stereocenters. The standard InChI is InChI=1S/C10H10N2OS/c1-7-9(14-10(11)12-7)13-8-5-3-2-4-6-8/h2-6H,1H3,(H2,11,12). The van der Waals surface area contributed by atoms with Crippen LogP contribution in [0.15, 0.2) is 30.3 Å². The predicted octanol–water partition coefficient (Wildman–Crippen LogP) is 2.83. The second kappa shape index (κ2) is 3.67. The summed E-state index contributed by atoms with van der Waals surface area (Å²) in [5.74, 6) is 0.805. The van der Waals surface area contributed by atoms with Crippen LogP contribution in [0.3, 0.4) is 0 Å². The topological polar surface area (TPSA) is 48.1 Å². The third-order valence-corrected chi connectivity index (χ3v) is 2.59.